The van der Waals surface area contributed by atoms with Crippen molar-refractivity contribution in [2.24, 2.45) is 0 Å². The number of benzene rings is 1. The van der Waals surface area contributed by atoms with Gasteiger partial charge in [0.25, 0.3) is 5.56 Å². The molecule has 0 atom stereocenters. The lowest BCUT2D eigenvalue weighted by Crippen LogP contribution is -2.12. The van der Waals surface area contributed by atoms with E-state index in [1.54, 1.807) is 11.3 Å². The van der Waals surface area contributed by atoms with Crippen molar-refractivity contribution >= 4 is 11.3 Å². The van der Waals surface area contributed by atoms with Crippen molar-refractivity contribution in [2.45, 2.75) is 13.8 Å². The standard InChI is InChI=1S/C18H14N2OS/c1-11-8-15(16(10-19)18(21)20-11)13-4-3-5-14(9-13)17-7-6-12(2)22-17/h3-9H,1-2H3,(H,20,21). The molecule has 0 amide bonds. The van der Waals surface area contributed by atoms with Gasteiger partial charge in [-0.1, -0.05) is 18.2 Å². The molecule has 3 nitrogen and oxygen atoms in total. The van der Waals surface area contributed by atoms with Gasteiger partial charge >= 0.3 is 0 Å². The number of hydrogen-bond acceptors (Lipinski definition) is 3. The van der Waals surface area contributed by atoms with E-state index in [-0.39, 0.29) is 11.1 Å². The second-order valence-electron chi connectivity index (χ2n) is 5.17. The second kappa shape index (κ2) is 5.63. The Balaban J connectivity index is 2.19. The van der Waals surface area contributed by atoms with E-state index in [0.717, 1.165) is 16.8 Å². The van der Waals surface area contributed by atoms with Crippen LogP contribution in [-0.4, -0.2) is 4.98 Å². The predicted octanol–water partition coefficient (Wildman–Crippen LogP) is 4.26. The molecule has 4 heteroatoms. The Morgan fingerprint density at radius 2 is 1.86 bits per heavy atom. The first-order valence-corrected chi connectivity index (χ1v) is 7.71. The molecule has 0 bridgehead atoms. The molecular weight excluding hydrogens is 292 g/mol. The normalized spacial score (nSPS) is 10.4. The first-order chi connectivity index (χ1) is 10.6. The third-order valence-corrected chi connectivity index (χ3v) is 4.53. The van der Waals surface area contributed by atoms with Crippen LogP contribution >= 0.6 is 11.3 Å². The summed E-state index contributed by atoms with van der Waals surface area (Å²) < 4.78 is 0. The smallest absolute Gasteiger partial charge is 0.266 e. The predicted molar refractivity (Wildman–Crippen MR) is 90.0 cm³/mol. The molecule has 0 fully saturated rings. The van der Waals surface area contributed by atoms with Crippen LogP contribution in [0.25, 0.3) is 21.6 Å². The first-order valence-electron chi connectivity index (χ1n) is 6.90. The summed E-state index contributed by atoms with van der Waals surface area (Å²) in [6.45, 7) is 3.89. The van der Waals surface area contributed by atoms with E-state index < -0.39 is 0 Å². The van der Waals surface area contributed by atoms with Crippen LogP contribution in [0, 0.1) is 25.2 Å². The Bertz CT molecular complexity index is 944. The molecule has 0 unspecified atom stereocenters. The van der Waals surface area contributed by atoms with E-state index in [0.29, 0.717) is 5.56 Å². The maximum absolute atomic E-state index is 11.9. The number of nitrogens with one attached hydrogen (secondary N) is 1. The van der Waals surface area contributed by atoms with Crippen molar-refractivity contribution < 1.29 is 0 Å². The Kier molecular flexibility index (Phi) is 3.66. The Hall–Kier alpha value is -2.64. The highest BCUT2D eigenvalue weighted by molar-refractivity contribution is 7.15. The lowest BCUT2D eigenvalue weighted by atomic mass is 9.99. The minimum Gasteiger partial charge on any atom is -0.325 e. The van der Waals surface area contributed by atoms with Crippen LogP contribution in [0.3, 0.4) is 0 Å². The quantitative estimate of drug-likeness (QED) is 0.769. The van der Waals surface area contributed by atoms with Crippen molar-refractivity contribution in [3.8, 4) is 27.6 Å². The summed E-state index contributed by atoms with van der Waals surface area (Å²) >= 11 is 1.73. The first kappa shape index (κ1) is 14.3. The number of aromatic amines is 1. The fourth-order valence-electron chi connectivity index (χ4n) is 2.46. The molecule has 3 rings (SSSR count). The van der Waals surface area contributed by atoms with Crippen molar-refractivity contribution in [3.63, 3.8) is 0 Å². The average molecular weight is 306 g/mol. The Morgan fingerprint density at radius 1 is 1.09 bits per heavy atom. The number of rotatable bonds is 2. The molecule has 0 spiro atoms. The number of hydrogen-bond donors (Lipinski definition) is 1. The number of nitrogens with zero attached hydrogens (tertiary/aromatic N) is 1. The number of pyridine rings is 1. The fourth-order valence-corrected chi connectivity index (χ4v) is 3.32. The summed E-state index contributed by atoms with van der Waals surface area (Å²) in [7, 11) is 0. The van der Waals surface area contributed by atoms with E-state index in [2.05, 4.69) is 24.0 Å². The molecule has 0 aliphatic carbocycles. The molecule has 0 saturated heterocycles. The van der Waals surface area contributed by atoms with Crippen molar-refractivity contribution in [2.75, 3.05) is 0 Å². The van der Waals surface area contributed by atoms with Gasteiger partial charge in [-0.15, -0.1) is 11.3 Å². The van der Waals surface area contributed by atoms with Crippen LogP contribution in [-0.2, 0) is 0 Å². The third-order valence-electron chi connectivity index (χ3n) is 3.48. The minimum absolute atomic E-state index is 0.158. The summed E-state index contributed by atoms with van der Waals surface area (Å²) in [5.74, 6) is 0. The maximum atomic E-state index is 11.9. The van der Waals surface area contributed by atoms with E-state index in [9.17, 15) is 10.1 Å². The number of nitriles is 1. The number of thiophene rings is 1. The van der Waals surface area contributed by atoms with Gasteiger partial charge in [-0.05, 0) is 49.2 Å². The van der Waals surface area contributed by atoms with Gasteiger partial charge in [-0.3, -0.25) is 4.79 Å². The van der Waals surface area contributed by atoms with Crippen LogP contribution in [0.5, 0.6) is 0 Å². The number of aryl methyl sites for hydroxylation is 2. The van der Waals surface area contributed by atoms with Crippen LogP contribution in [0.4, 0.5) is 0 Å². The fraction of sp³-hybridized carbons (Fsp3) is 0.111. The zero-order valence-electron chi connectivity index (χ0n) is 12.3. The topological polar surface area (TPSA) is 56.6 Å². The summed E-state index contributed by atoms with van der Waals surface area (Å²) in [4.78, 5) is 17.1. The molecule has 108 valence electrons. The van der Waals surface area contributed by atoms with Crippen LogP contribution in [0.1, 0.15) is 16.1 Å². The summed E-state index contributed by atoms with van der Waals surface area (Å²) in [5, 5.41) is 9.27. The number of H-pyrrole nitrogens is 1. The van der Waals surface area contributed by atoms with Gasteiger partial charge in [-0.2, -0.15) is 5.26 Å². The van der Waals surface area contributed by atoms with Crippen molar-refractivity contribution in [3.05, 3.63) is 69.0 Å². The molecule has 1 aromatic carbocycles. The number of aromatic nitrogens is 1. The lowest BCUT2D eigenvalue weighted by Gasteiger charge is -2.07. The SMILES string of the molecule is Cc1cc(-c2cccc(-c3ccc(C)s3)c2)c(C#N)c(=O)[nH]1. The van der Waals surface area contributed by atoms with Gasteiger partial charge < -0.3 is 4.98 Å². The lowest BCUT2D eigenvalue weighted by molar-refractivity contribution is 1.13. The third kappa shape index (κ3) is 2.59. The highest BCUT2D eigenvalue weighted by Crippen LogP contribution is 2.31. The van der Waals surface area contributed by atoms with Crippen molar-refractivity contribution in [1.82, 2.24) is 4.98 Å². The summed E-state index contributed by atoms with van der Waals surface area (Å²) in [6.07, 6.45) is 0. The Morgan fingerprint density at radius 3 is 2.55 bits per heavy atom. The molecule has 1 N–H and O–H groups in total. The highest BCUT2D eigenvalue weighted by atomic mass is 32.1. The molecular formula is C18H14N2OS. The van der Waals surface area contributed by atoms with Crippen LogP contribution in [0.15, 0.2) is 47.3 Å². The van der Waals surface area contributed by atoms with E-state index in [1.807, 2.05) is 43.3 Å². The van der Waals surface area contributed by atoms with E-state index in [4.69, 9.17) is 0 Å². The summed E-state index contributed by atoms with van der Waals surface area (Å²) in [5.41, 5.74) is 3.22. The van der Waals surface area contributed by atoms with Gasteiger partial charge in [-0.25, -0.2) is 0 Å². The maximum Gasteiger partial charge on any atom is 0.266 e. The van der Waals surface area contributed by atoms with E-state index >= 15 is 0 Å². The molecule has 0 aliphatic heterocycles. The van der Waals surface area contributed by atoms with Gasteiger partial charge in [0.15, 0.2) is 0 Å². The van der Waals surface area contributed by atoms with Crippen LogP contribution in [0.2, 0.25) is 0 Å². The largest absolute Gasteiger partial charge is 0.325 e. The molecule has 3 aromatic rings. The van der Waals surface area contributed by atoms with Gasteiger partial charge in [0.1, 0.15) is 11.6 Å². The van der Waals surface area contributed by atoms with Crippen LogP contribution < -0.4 is 5.56 Å². The average Bonchev–Trinajstić information content (AvgIpc) is 2.93. The zero-order chi connectivity index (χ0) is 15.7. The summed E-state index contributed by atoms with van der Waals surface area (Å²) in [6, 6.07) is 16.0. The van der Waals surface area contributed by atoms with E-state index in [1.165, 1.54) is 9.75 Å². The molecule has 0 saturated carbocycles. The van der Waals surface area contributed by atoms with Gasteiger partial charge in [0, 0.05) is 21.0 Å². The monoisotopic (exact) mass is 306 g/mol. The minimum atomic E-state index is -0.338. The zero-order valence-corrected chi connectivity index (χ0v) is 13.1. The second-order valence-corrected chi connectivity index (χ2v) is 6.46. The highest BCUT2D eigenvalue weighted by Gasteiger charge is 2.11. The molecule has 0 radical (unpaired) electrons. The van der Waals surface area contributed by atoms with Crippen molar-refractivity contribution in [1.29, 1.82) is 5.26 Å². The Labute approximate surface area is 132 Å². The molecule has 0 aliphatic rings. The van der Waals surface area contributed by atoms with Gasteiger partial charge in [0.2, 0.25) is 0 Å². The molecule has 2 aromatic heterocycles. The van der Waals surface area contributed by atoms with Gasteiger partial charge in [0.05, 0.1) is 0 Å². The molecule has 2 heterocycles. The molecule has 22 heavy (non-hydrogen) atoms.